The van der Waals surface area contributed by atoms with E-state index in [1.165, 1.54) is 6.92 Å². The predicted octanol–water partition coefficient (Wildman–Crippen LogP) is 2.79. The molecular weight excluding hydrogens is 254 g/mol. The normalized spacial score (nSPS) is 11.2. The Bertz CT molecular complexity index is 827. The van der Waals surface area contributed by atoms with Gasteiger partial charge in [-0.15, -0.1) is 0 Å². The van der Waals surface area contributed by atoms with Crippen LogP contribution in [0.15, 0.2) is 24.4 Å². The van der Waals surface area contributed by atoms with E-state index in [2.05, 4.69) is 9.97 Å². The van der Waals surface area contributed by atoms with E-state index < -0.39 is 0 Å². The van der Waals surface area contributed by atoms with Crippen molar-refractivity contribution in [3.8, 4) is 17.3 Å². The molecule has 0 radical (unpaired) electrons. The summed E-state index contributed by atoms with van der Waals surface area (Å²) >= 11 is 0. The number of hydrogen-bond acceptors (Lipinski definition) is 3. The third-order valence-corrected chi connectivity index (χ3v) is 3.45. The highest BCUT2D eigenvalue weighted by Gasteiger charge is 2.16. The second-order valence-electron chi connectivity index (χ2n) is 4.99. The van der Waals surface area contributed by atoms with Crippen molar-refractivity contribution in [2.75, 3.05) is 0 Å². The minimum Gasteiger partial charge on any atom is -0.505 e. The molecule has 0 unspecified atom stereocenters. The van der Waals surface area contributed by atoms with Gasteiger partial charge in [-0.2, -0.15) is 0 Å². The van der Waals surface area contributed by atoms with Crippen molar-refractivity contribution in [2.24, 2.45) is 7.05 Å². The number of benzene rings is 1. The first kappa shape index (κ1) is 12.5. The minimum absolute atomic E-state index is 0.0145. The zero-order valence-corrected chi connectivity index (χ0v) is 11.6. The first-order chi connectivity index (χ1) is 9.47. The number of aryl methyl sites for hydroxylation is 2. The van der Waals surface area contributed by atoms with Crippen molar-refractivity contribution >= 4 is 16.8 Å². The zero-order chi connectivity index (χ0) is 14.4. The van der Waals surface area contributed by atoms with E-state index in [1.54, 1.807) is 18.2 Å². The number of aromatic nitrogens is 3. The fourth-order valence-electron chi connectivity index (χ4n) is 2.39. The van der Waals surface area contributed by atoms with Gasteiger partial charge in [0, 0.05) is 24.4 Å². The number of rotatable bonds is 2. The molecule has 3 aromatic rings. The number of nitrogens with zero attached hydrogens (tertiary/aromatic N) is 2. The highest BCUT2D eigenvalue weighted by atomic mass is 16.3. The lowest BCUT2D eigenvalue weighted by atomic mass is 10.1. The van der Waals surface area contributed by atoms with Gasteiger partial charge in [-0.3, -0.25) is 4.79 Å². The summed E-state index contributed by atoms with van der Waals surface area (Å²) in [5.74, 6) is 0.827. The Morgan fingerprint density at radius 1 is 1.40 bits per heavy atom. The molecule has 102 valence electrons. The molecule has 1 aromatic carbocycles. The standard InChI is InChI=1S/C15H15N3O2/c1-8-7-18(3)13(14(8)20)15-16-11-5-4-10(9(2)19)6-12(11)17-15/h4-7,20H,1-3H3,(H,16,17). The maximum atomic E-state index is 11.4. The Balaban J connectivity index is 2.20. The van der Waals surface area contributed by atoms with Gasteiger partial charge >= 0.3 is 0 Å². The molecule has 0 saturated heterocycles. The fourth-order valence-corrected chi connectivity index (χ4v) is 2.39. The van der Waals surface area contributed by atoms with Crippen LogP contribution in [0.3, 0.4) is 0 Å². The number of fused-ring (bicyclic) bond motifs is 1. The van der Waals surface area contributed by atoms with Gasteiger partial charge in [0.25, 0.3) is 0 Å². The van der Waals surface area contributed by atoms with E-state index in [0.717, 1.165) is 16.6 Å². The molecule has 0 saturated carbocycles. The molecule has 0 spiro atoms. The van der Waals surface area contributed by atoms with E-state index in [9.17, 15) is 9.90 Å². The van der Waals surface area contributed by atoms with E-state index in [4.69, 9.17) is 0 Å². The van der Waals surface area contributed by atoms with Gasteiger partial charge in [0.05, 0.1) is 11.0 Å². The molecule has 2 aromatic heterocycles. The van der Waals surface area contributed by atoms with Crippen molar-refractivity contribution in [1.29, 1.82) is 0 Å². The number of carbonyl (C=O) groups excluding carboxylic acids is 1. The molecule has 3 rings (SSSR count). The van der Waals surface area contributed by atoms with Gasteiger partial charge < -0.3 is 14.7 Å². The van der Waals surface area contributed by atoms with Crippen LogP contribution in [-0.4, -0.2) is 25.4 Å². The molecule has 0 atom stereocenters. The molecule has 5 nitrogen and oxygen atoms in total. The average Bonchev–Trinajstić information content (AvgIpc) is 2.90. The van der Waals surface area contributed by atoms with E-state index in [-0.39, 0.29) is 11.5 Å². The molecule has 0 aliphatic carbocycles. The van der Waals surface area contributed by atoms with E-state index in [1.807, 2.05) is 24.7 Å². The van der Waals surface area contributed by atoms with E-state index in [0.29, 0.717) is 17.1 Å². The molecule has 0 amide bonds. The number of carbonyl (C=O) groups is 1. The number of H-pyrrole nitrogens is 1. The number of nitrogens with one attached hydrogen (secondary N) is 1. The van der Waals surface area contributed by atoms with Gasteiger partial charge in [0.15, 0.2) is 11.6 Å². The van der Waals surface area contributed by atoms with Crippen LogP contribution < -0.4 is 0 Å². The average molecular weight is 269 g/mol. The van der Waals surface area contributed by atoms with Crippen LogP contribution in [0.4, 0.5) is 0 Å². The minimum atomic E-state index is 0.0145. The molecule has 2 N–H and O–H groups in total. The first-order valence-electron chi connectivity index (χ1n) is 6.33. The summed E-state index contributed by atoms with van der Waals surface area (Å²) in [6.45, 7) is 3.38. The Labute approximate surface area is 115 Å². The number of aromatic amines is 1. The Morgan fingerprint density at radius 3 is 2.75 bits per heavy atom. The summed E-state index contributed by atoms with van der Waals surface area (Å²) < 4.78 is 1.83. The molecule has 5 heteroatoms. The third kappa shape index (κ3) is 1.79. The number of hydrogen-bond donors (Lipinski definition) is 2. The predicted molar refractivity (Wildman–Crippen MR) is 76.9 cm³/mol. The molecule has 20 heavy (non-hydrogen) atoms. The lowest BCUT2D eigenvalue weighted by molar-refractivity contribution is 0.101. The Morgan fingerprint density at radius 2 is 2.15 bits per heavy atom. The van der Waals surface area contributed by atoms with Crippen LogP contribution in [0.1, 0.15) is 22.8 Å². The Kier molecular flexibility index (Phi) is 2.64. The quantitative estimate of drug-likeness (QED) is 0.703. The third-order valence-electron chi connectivity index (χ3n) is 3.45. The summed E-state index contributed by atoms with van der Waals surface area (Å²) in [5.41, 5.74) is 3.63. The maximum absolute atomic E-state index is 11.4. The monoisotopic (exact) mass is 269 g/mol. The Hall–Kier alpha value is -2.56. The van der Waals surface area contributed by atoms with Gasteiger partial charge in [0.1, 0.15) is 11.4 Å². The smallest absolute Gasteiger partial charge is 0.159 e. The summed E-state index contributed by atoms with van der Waals surface area (Å²) in [5, 5.41) is 10.1. The fraction of sp³-hybridized carbons (Fsp3) is 0.200. The largest absolute Gasteiger partial charge is 0.505 e. The summed E-state index contributed by atoms with van der Waals surface area (Å²) in [6, 6.07) is 5.34. The number of imidazole rings is 1. The van der Waals surface area contributed by atoms with Crippen LogP contribution in [0.5, 0.6) is 5.75 Å². The zero-order valence-electron chi connectivity index (χ0n) is 11.6. The van der Waals surface area contributed by atoms with Crippen LogP contribution in [0, 0.1) is 6.92 Å². The summed E-state index contributed by atoms with van der Waals surface area (Å²) in [7, 11) is 1.86. The summed E-state index contributed by atoms with van der Waals surface area (Å²) in [4.78, 5) is 19.0. The van der Waals surface area contributed by atoms with Crippen molar-refractivity contribution in [2.45, 2.75) is 13.8 Å². The van der Waals surface area contributed by atoms with Crippen molar-refractivity contribution < 1.29 is 9.90 Å². The SMILES string of the molecule is CC(=O)c1ccc2nc(-c3c(O)c(C)cn3C)[nH]c2c1. The van der Waals surface area contributed by atoms with Gasteiger partial charge in [-0.1, -0.05) is 0 Å². The lowest BCUT2D eigenvalue weighted by Gasteiger charge is -1.99. The highest BCUT2D eigenvalue weighted by molar-refractivity contribution is 5.97. The molecule has 2 heterocycles. The van der Waals surface area contributed by atoms with Crippen LogP contribution in [0.25, 0.3) is 22.6 Å². The van der Waals surface area contributed by atoms with E-state index >= 15 is 0 Å². The van der Waals surface area contributed by atoms with Gasteiger partial charge in [-0.05, 0) is 32.0 Å². The molecule has 0 aliphatic rings. The van der Waals surface area contributed by atoms with Gasteiger partial charge in [-0.25, -0.2) is 4.98 Å². The first-order valence-corrected chi connectivity index (χ1v) is 6.33. The molecule has 0 aliphatic heterocycles. The number of ketones is 1. The highest BCUT2D eigenvalue weighted by Crippen LogP contribution is 2.32. The second-order valence-corrected chi connectivity index (χ2v) is 4.99. The van der Waals surface area contributed by atoms with Crippen LogP contribution >= 0.6 is 0 Å². The van der Waals surface area contributed by atoms with Gasteiger partial charge in [0.2, 0.25) is 0 Å². The topological polar surface area (TPSA) is 70.9 Å². The molecule has 0 bridgehead atoms. The maximum Gasteiger partial charge on any atom is 0.159 e. The van der Waals surface area contributed by atoms with Crippen LogP contribution in [0.2, 0.25) is 0 Å². The van der Waals surface area contributed by atoms with Crippen molar-refractivity contribution in [3.63, 3.8) is 0 Å². The lowest BCUT2D eigenvalue weighted by Crippen LogP contribution is -1.91. The summed E-state index contributed by atoms with van der Waals surface area (Å²) in [6.07, 6.45) is 1.85. The van der Waals surface area contributed by atoms with Crippen molar-refractivity contribution in [3.05, 3.63) is 35.5 Å². The second kappa shape index (κ2) is 4.23. The number of Topliss-reactive ketones (excluding diaryl/α,β-unsaturated/α-hetero) is 1. The van der Waals surface area contributed by atoms with Crippen molar-refractivity contribution in [1.82, 2.24) is 14.5 Å². The van der Waals surface area contributed by atoms with Crippen LogP contribution in [-0.2, 0) is 7.05 Å². The molecular formula is C15H15N3O2. The molecule has 0 fully saturated rings. The number of aromatic hydroxyl groups is 1.